The number of ether oxygens (including phenoxy) is 2. The SMILES string of the molecule is COc1cc(OC)c(CC(N)C(=O)O)cc1F. The number of rotatable bonds is 5. The molecule has 0 saturated heterocycles. The zero-order valence-corrected chi connectivity index (χ0v) is 9.57. The van der Waals surface area contributed by atoms with E-state index in [-0.39, 0.29) is 12.2 Å². The van der Waals surface area contributed by atoms with Crippen molar-refractivity contribution in [1.82, 2.24) is 0 Å². The summed E-state index contributed by atoms with van der Waals surface area (Å²) in [6, 6.07) is 1.43. The number of benzene rings is 1. The topological polar surface area (TPSA) is 81.8 Å². The predicted molar refractivity (Wildman–Crippen MR) is 58.8 cm³/mol. The standard InChI is InChI=1S/C11H14FNO4/c1-16-9-5-10(17-2)7(12)3-6(9)4-8(13)11(14)15/h3,5,8H,4,13H2,1-2H3,(H,14,15). The summed E-state index contributed by atoms with van der Waals surface area (Å²) in [5.41, 5.74) is 5.77. The van der Waals surface area contributed by atoms with E-state index < -0.39 is 17.8 Å². The highest BCUT2D eigenvalue weighted by Gasteiger charge is 2.17. The van der Waals surface area contributed by atoms with Crippen LogP contribution in [0.5, 0.6) is 11.5 Å². The van der Waals surface area contributed by atoms with Gasteiger partial charge in [-0.05, 0) is 11.6 Å². The van der Waals surface area contributed by atoms with Crippen molar-refractivity contribution in [2.45, 2.75) is 12.5 Å². The third-order valence-electron chi connectivity index (χ3n) is 2.31. The van der Waals surface area contributed by atoms with Gasteiger partial charge in [0.2, 0.25) is 0 Å². The minimum absolute atomic E-state index is 0.0145. The third kappa shape index (κ3) is 3.07. The van der Waals surface area contributed by atoms with Crippen molar-refractivity contribution in [3.8, 4) is 11.5 Å². The molecule has 3 N–H and O–H groups in total. The molecule has 17 heavy (non-hydrogen) atoms. The van der Waals surface area contributed by atoms with Gasteiger partial charge < -0.3 is 20.3 Å². The Morgan fingerprint density at radius 1 is 1.41 bits per heavy atom. The first-order valence-electron chi connectivity index (χ1n) is 4.88. The van der Waals surface area contributed by atoms with Crippen LogP contribution in [0, 0.1) is 5.82 Å². The van der Waals surface area contributed by atoms with Gasteiger partial charge >= 0.3 is 5.97 Å². The van der Waals surface area contributed by atoms with E-state index in [0.717, 1.165) is 0 Å². The van der Waals surface area contributed by atoms with Gasteiger partial charge in [-0.15, -0.1) is 0 Å². The first-order valence-corrected chi connectivity index (χ1v) is 4.88. The van der Waals surface area contributed by atoms with Gasteiger partial charge in [-0.2, -0.15) is 0 Å². The Balaban J connectivity index is 3.06. The van der Waals surface area contributed by atoms with Crippen LogP contribution in [0.15, 0.2) is 12.1 Å². The minimum Gasteiger partial charge on any atom is -0.496 e. The molecule has 94 valence electrons. The zero-order chi connectivity index (χ0) is 13.0. The number of halogens is 1. The molecule has 0 saturated carbocycles. The number of hydrogen-bond acceptors (Lipinski definition) is 4. The highest BCUT2D eigenvalue weighted by atomic mass is 19.1. The van der Waals surface area contributed by atoms with Crippen molar-refractivity contribution >= 4 is 5.97 Å². The van der Waals surface area contributed by atoms with E-state index in [0.29, 0.717) is 11.3 Å². The van der Waals surface area contributed by atoms with Crippen LogP contribution in [-0.2, 0) is 11.2 Å². The number of aliphatic carboxylic acids is 1. The smallest absolute Gasteiger partial charge is 0.320 e. The van der Waals surface area contributed by atoms with Crippen LogP contribution in [0.4, 0.5) is 4.39 Å². The number of hydrogen-bond donors (Lipinski definition) is 2. The Hall–Kier alpha value is -1.82. The fourth-order valence-electron chi connectivity index (χ4n) is 1.41. The number of carboxylic acid groups (broad SMARTS) is 1. The lowest BCUT2D eigenvalue weighted by atomic mass is 10.0. The van der Waals surface area contributed by atoms with E-state index >= 15 is 0 Å². The molecule has 0 heterocycles. The fraction of sp³-hybridized carbons (Fsp3) is 0.364. The molecule has 0 amide bonds. The second-order valence-corrected chi connectivity index (χ2v) is 3.45. The summed E-state index contributed by atoms with van der Waals surface area (Å²) in [4.78, 5) is 10.6. The Morgan fingerprint density at radius 3 is 2.47 bits per heavy atom. The van der Waals surface area contributed by atoms with Crippen molar-refractivity contribution in [3.05, 3.63) is 23.5 Å². The maximum atomic E-state index is 13.4. The quantitative estimate of drug-likeness (QED) is 0.799. The lowest BCUT2D eigenvalue weighted by molar-refractivity contribution is -0.138. The molecule has 6 heteroatoms. The van der Waals surface area contributed by atoms with Gasteiger partial charge in [0.1, 0.15) is 11.8 Å². The molecule has 0 aliphatic rings. The molecule has 5 nitrogen and oxygen atoms in total. The summed E-state index contributed by atoms with van der Waals surface area (Å²) in [6.45, 7) is 0. The van der Waals surface area contributed by atoms with E-state index in [4.69, 9.17) is 20.3 Å². The van der Waals surface area contributed by atoms with Crippen molar-refractivity contribution in [2.24, 2.45) is 5.73 Å². The van der Waals surface area contributed by atoms with Gasteiger partial charge in [0.05, 0.1) is 14.2 Å². The van der Waals surface area contributed by atoms with E-state index in [2.05, 4.69) is 0 Å². The monoisotopic (exact) mass is 243 g/mol. The summed E-state index contributed by atoms with van der Waals surface area (Å²) in [6.07, 6.45) is -0.0145. The molecule has 0 aromatic heterocycles. The van der Waals surface area contributed by atoms with E-state index in [1.54, 1.807) is 0 Å². The average molecular weight is 243 g/mol. The van der Waals surface area contributed by atoms with Crippen molar-refractivity contribution in [3.63, 3.8) is 0 Å². The maximum Gasteiger partial charge on any atom is 0.320 e. The Bertz CT molecular complexity index is 422. The van der Waals surface area contributed by atoms with Crippen LogP contribution in [0.3, 0.4) is 0 Å². The van der Waals surface area contributed by atoms with Crippen LogP contribution in [0.1, 0.15) is 5.56 Å². The van der Waals surface area contributed by atoms with Gasteiger partial charge in [0, 0.05) is 12.5 Å². The Labute approximate surface area is 97.9 Å². The number of nitrogens with two attached hydrogens (primary N) is 1. The van der Waals surface area contributed by atoms with E-state index in [1.807, 2.05) is 0 Å². The molecule has 1 unspecified atom stereocenters. The normalized spacial score (nSPS) is 12.0. The summed E-state index contributed by atoms with van der Waals surface area (Å²) >= 11 is 0. The van der Waals surface area contributed by atoms with Crippen LogP contribution in [0.2, 0.25) is 0 Å². The minimum atomic E-state index is -1.15. The summed E-state index contributed by atoms with van der Waals surface area (Å²) in [7, 11) is 2.74. The third-order valence-corrected chi connectivity index (χ3v) is 2.31. The van der Waals surface area contributed by atoms with Crippen molar-refractivity contribution < 1.29 is 23.8 Å². The molecule has 0 radical (unpaired) electrons. The molecule has 1 rings (SSSR count). The maximum absolute atomic E-state index is 13.4. The molecular formula is C11H14FNO4. The Kier molecular flexibility index (Phi) is 4.28. The van der Waals surface area contributed by atoms with Gasteiger partial charge in [-0.1, -0.05) is 0 Å². The van der Waals surface area contributed by atoms with Crippen LogP contribution >= 0.6 is 0 Å². The fourth-order valence-corrected chi connectivity index (χ4v) is 1.41. The van der Waals surface area contributed by atoms with Gasteiger partial charge in [0.15, 0.2) is 11.6 Å². The van der Waals surface area contributed by atoms with E-state index in [1.165, 1.54) is 26.4 Å². The largest absolute Gasteiger partial charge is 0.496 e. The number of carboxylic acids is 1. The van der Waals surface area contributed by atoms with Crippen molar-refractivity contribution in [1.29, 1.82) is 0 Å². The Morgan fingerprint density at radius 2 is 2.00 bits per heavy atom. The highest BCUT2D eigenvalue weighted by Crippen LogP contribution is 2.28. The highest BCUT2D eigenvalue weighted by molar-refractivity contribution is 5.73. The van der Waals surface area contributed by atoms with Gasteiger partial charge in [0.25, 0.3) is 0 Å². The second kappa shape index (κ2) is 5.49. The van der Waals surface area contributed by atoms with Crippen LogP contribution in [0.25, 0.3) is 0 Å². The molecule has 0 fully saturated rings. The molecule has 0 bridgehead atoms. The molecule has 1 atom stereocenters. The lowest BCUT2D eigenvalue weighted by Crippen LogP contribution is -2.32. The predicted octanol–water partition coefficient (Wildman–Crippen LogP) is 0.797. The van der Waals surface area contributed by atoms with Crippen LogP contribution < -0.4 is 15.2 Å². The second-order valence-electron chi connectivity index (χ2n) is 3.45. The van der Waals surface area contributed by atoms with Gasteiger partial charge in [-0.25, -0.2) is 4.39 Å². The first-order chi connectivity index (χ1) is 7.99. The molecule has 1 aromatic carbocycles. The summed E-state index contributed by atoms with van der Waals surface area (Å²) in [5, 5.41) is 8.69. The molecule has 1 aromatic rings. The first kappa shape index (κ1) is 13.2. The van der Waals surface area contributed by atoms with Crippen molar-refractivity contribution in [2.75, 3.05) is 14.2 Å². The zero-order valence-electron chi connectivity index (χ0n) is 9.57. The average Bonchev–Trinajstić information content (AvgIpc) is 2.29. The van der Waals surface area contributed by atoms with E-state index in [9.17, 15) is 9.18 Å². The molecule has 0 spiro atoms. The molecule has 0 aliphatic heterocycles. The summed E-state index contributed by atoms with van der Waals surface area (Å²) < 4.78 is 23.3. The molecule has 0 aliphatic carbocycles. The number of carbonyl (C=O) groups is 1. The number of methoxy groups -OCH3 is 2. The summed E-state index contributed by atoms with van der Waals surface area (Å²) in [5.74, 6) is -1.35. The van der Waals surface area contributed by atoms with Gasteiger partial charge in [-0.3, -0.25) is 4.79 Å². The molecular weight excluding hydrogens is 229 g/mol. The lowest BCUT2D eigenvalue weighted by Gasteiger charge is -2.13. The van der Waals surface area contributed by atoms with Crippen LogP contribution in [-0.4, -0.2) is 31.3 Å².